The molecule has 3 rings (SSSR count). The first-order valence-corrected chi connectivity index (χ1v) is 9.04. The summed E-state index contributed by atoms with van der Waals surface area (Å²) in [4.78, 5) is 26.1. The lowest BCUT2D eigenvalue weighted by Crippen LogP contribution is -2.45. The predicted octanol–water partition coefficient (Wildman–Crippen LogP) is 2.76. The Balaban J connectivity index is 1.67. The number of fused-ring (bicyclic) bond motifs is 1. The van der Waals surface area contributed by atoms with Crippen molar-refractivity contribution in [3.8, 4) is 0 Å². The molecule has 0 saturated heterocycles. The maximum atomic E-state index is 12.5. The van der Waals surface area contributed by atoms with Gasteiger partial charge in [-0.3, -0.25) is 9.59 Å². The van der Waals surface area contributed by atoms with Gasteiger partial charge in [0.25, 0.3) is 0 Å². The van der Waals surface area contributed by atoms with Crippen LogP contribution in [0.15, 0.2) is 30.5 Å². The minimum Gasteiger partial charge on any atom is -0.388 e. The van der Waals surface area contributed by atoms with E-state index in [9.17, 15) is 14.7 Å². The highest BCUT2D eigenvalue weighted by molar-refractivity contribution is 5.81. The summed E-state index contributed by atoms with van der Waals surface area (Å²) in [6, 6.07) is 7.51. The largest absolute Gasteiger partial charge is 0.388 e. The third-order valence-electron chi connectivity index (χ3n) is 5.25. The molecular weight excluding hydrogens is 316 g/mol. The number of aliphatic hydroxyl groups is 1. The van der Waals surface area contributed by atoms with Crippen LogP contribution in [0.2, 0.25) is 0 Å². The number of nitrogens with one attached hydrogen (secondary N) is 1. The van der Waals surface area contributed by atoms with E-state index >= 15 is 0 Å². The third kappa shape index (κ3) is 4.10. The van der Waals surface area contributed by atoms with E-state index in [1.165, 1.54) is 6.92 Å². The maximum absolute atomic E-state index is 12.5. The van der Waals surface area contributed by atoms with Gasteiger partial charge in [-0.1, -0.05) is 43.5 Å². The van der Waals surface area contributed by atoms with E-state index in [1.807, 2.05) is 30.3 Å². The lowest BCUT2D eigenvalue weighted by atomic mass is 9.85. The summed E-state index contributed by atoms with van der Waals surface area (Å²) < 4.78 is 0. The number of benzene rings is 1. The van der Waals surface area contributed by atoms with E-state index in [1.54, 1.807) is 11.1 Å². The van der Waals surface area contributed by atoms with Crippen LogP contribution in [0.5, 0.6) is 0 Å². The Morgan fingerprint density at radius 3 is 2.68 bits per heavy atom. The van der Waals surface area contributed by atoms with E-state index in [0.29, 0.717) is 0 Å². The molecule has 1 aromatic carbocycles. The predicted molar refractivity (Wildman–Crippen MR) is 96.4 cm³/mol. The fourth-order valence-electron chi connectivity index (χ4n) is 3.81. The summed E-state index contributed by atoms with van der Waals surface area (Å²) in [5, 5.41) is 13.4. The highest BCUT2D eigenvalue weighted by Crippen LogP contribution is 2.33. The lowest BCUT2D eigenvalue weighted by molar-refractivity contribution is -0.130. The Morgan fingerprint density at radius 1 is 1.24 bits per heavy atom. The second-order valence-electron chi connectivity index (χ2n) is 7.15. The van der Waals surface area contributed by atoms with Crippen molar-refractivity contribution in [2.24, 2.45) is 0 Å². The van der Waals surface area contributed by atoms with Crippen LogP contribution in [0.3, 0.4) is 0 Å². The average Bonchev–Trinajstić information content (AvgIpc) is 2.61. The molecule has 0 spiro atoms. The van der Waals surface area contributed by atoms with Crippen LogP contribution >= 0.6 is 0 Å². The van der Waals surface area contributed by atoms with E-state index in [4.69, 9.17) is 0 Å². The zero-order valence-corrected chi connectivity index (χ0v) is 14.7. The summed E-state index contributed by atoms with van der Waals surface area (Å²) >= 11 is 0. The first kappa shape index (κ1) is 17.7. The standard InChI is InChI=1S/C20H26N2O3/c1-15(23)22-12-9-16-7-3-4-8-17(16)18(22)13-19(24)21-14-20(25)10-5-2-6-11-20/h3-4,7-9,12,18,25H,2,5-6,10-11,13-14H2,1H3,(H,21,24). The molecule has 1 aliphatic carbocycles. The van der Waals surface area contributed by atoms with Crippen molar-refractivity contribution in [2.45, 2.75) is 57.1 Å². The normalized spacial score (nSPS) is 21.5. The van der Waals surface area contributed by atoms with Gasteiger partial charge in [0.2, 0.25) is 11.8 Å². The van der Waals surface area contributed by atoms with Crippen LogP contribution in [0.25, 0.3) is 6.08 Å². The van der Waals surface area contributed by atoms with Gasteiger partial charge in [0.05, 0.1) is 18.1 Å². The van der Waals surface area contributed by atoms with Gasteiger partial charge in [0.15, 0.2) is 0 Å². The van der Waals surface area contributed by atoms with Crippen LogP contribution in [0.1, 0.15) is 62.6 Å². The first-order valence-electron chi connectivity index (χ1n) is 9.04. The van der Waals surface area contributed by atoms with Crippen molar-refractivity contribution in [1.82, 2.24) is 10.2 Å². The molecule has 134 valence electrons. The zero-order chi connectivity index (χ0) is 17.9. The minimum atomic E-state index is -0.779. The molecule has 2 N–H and O–H groups in total. The molecule has 1 aliphatic heterocycles. The van der Waals surface area contributed by atoms with E-state index < -0.39 is 5.60 Å². The molecule has 1 aromatic rings. The molecule has 0 aromatic heterocycles. The summed E-state index contributed by atoms with van der Waals surface area (Å²) in [6.07, 6.45) is 8.47. The summed E-state index contributed by atoms with van der Waals surface area (Å²) in [6.45, 7) is 1.80. The molecule has 5 nitrogen and oxygen atoms in total. The Kier molecular flexibility index (Phi) is 5.23. The van der Waals surface area contributed by atoms with Crippen LogP contribution < -0.4 is 5.32 Å². The first-order chi connectivity index (χ1) is 12.0. The Labute approximate surface area is 148 Å². The fourth-order valence-corrected chi connectivity index (χ4v) is 3.81. The molecule has 1 atom stereocenters. The summed E-state index contributed by atoms with van der Waals surface area (Å²) in [5.74, 6) is -0.227. The summed E-state index contributed by atoms with van der Waals surface area (Å²) in [7, 11) is 0. The minimum absolute atomic E-state index is 0.0885. The van der Waals surface area contributed by atoms with E-state index in [-0.39, 0.29) is 30.8 Å². The molecule has 1 fully saturated rings. The fraction of sp³-hybridized carbons (Fsp3) is 0.500. The van der Waals surface area contributed by atoms with Crippen LogP contribution in [-0.2, 0) is 9.59 Å². The van der Waals surface area contributed by atoms with Crippen molar-refractivity contribution < 1.29 is 14.7 Å². The molecule has 5 heteroatoms. The molecule has 0 radical (unpaired) electrons. The maximum Gasteiger partial charge on any atom is 0.223 e. The number of amides is 2. The van der Waals surface area contributed by atoms with E-state index in [2.05, 4.69) is 5.32 Å². The average molecular weight is 342 g/mol. The van der Waals surface area contributed by atoms with E-state index in [0.717, 1.165) is 43.2 Å². The number of nitrogens with zero attached hydrogens (tertiary/aromatic N) is 1. The molecule has 2 aliphatic rings. The molecule has 0 bridgehead atoms. The summed E-state index contributed by atoms with van der Waals surface area (Å²) in [5.41, 5.74) is 1.23. The van der Waals surface area contributed by atoms with Crippen molar-refractivity contribution in [3.63, 3.8) is 0 Å². The highest BCUT2D eigenvalue weighted by atomic mass is 16.3. The van der Waals surface area contributed by atoms with Gasteiger partial charge >= 0.3 is 0 Å². The molecular formula is C20H26N2O3. The van der Waals surface area contributed by atoms with Crippen molar-refractivity contribution >= 4 is 17.9 Å². The topological polar surface area (TPSA) is 69.6 Å². The van der Waals surface area contributed by atoms with Gasteiger partial charge in [0, 0.05) is 19.7 Å². The Hall–Kier alpha value is -2.14. The zero-order valence-electron chi connectivity index (χ0n) is 14.7. The van der Waals surface area contributed by atoms with Gasteiger partial charge < -0.3 is 15.3 Å². The van der Waals surface area contributed by atoms with Crippen molar-refractivity contribution in [1.29, 1.82) is 0 Å². The number of hydrogen-bond acceptors (Lipinski definition) is 3. The highest BCUT2D eigenvalue weighted by Gasteiger charge is 2.31. The van der Waals surface area contributed by atoms with Crippen molar-refractivity contribution in [2.75, 3.05) is 6.54 Å². The van der Waals surface area contributed by atoms with Gasteiger partial charge in [-0.05, 0) is 30.0 Å². The SMILES string of the molecule is CC(=O)N1C=Cc2ccccc2C1CC(=O)NCC1(O)CCCCC1. The van der Waals surface area contributed by atoms with Gasteiger partial charge in [-0.2, -0.15) is 0 Å². The van der Waals surface area contributed by atoms with Crippen LogP contribution in [0, 0.1) is 0 Å². The second-order valence-corrected chi connectivity index (χ2v) is 7.15. The second kappa shape index (κ2) is 7.40. The number of rotatable bonds is 4. The molecule has 1 saturated carbocycles. The number of carbonyl (C=O) groups is 2. The van der Waals surface area contributed by atoms with Gasteiger partial charge in [0.1, 0.15) is 0 Å². The monoisotopic (exact) mass is 342 g/mol. The molecule has 25 heavy (non-hydrogen) atoms. The van der Waals surface area contributed by atoms with Gasteiger partial charge in [-0.25, -0.2) is 0 Å². The molecule has 1 unspecified atom stereocenters. The van der Waals surface area contributed by atoms with Crippen LogP contribution in [-0.4, -0.2) is 34.0 Å². The Bertz CT molecular complexity index is 677. The number of hydrogen-bond donors (Lipinski definition) is 2. The third-order valence-corrected chi connectivity index (χ3v) is 5.25. The number of carbonyl (C=O) groups excluding carboxylic acids is 2. The molecule has 2 amide bonds. The Morgan fingerprint density at radius 2 is 1.96 bits per heavy atom. The van der Waals surface area contributed by atoms with Crippen LogP contribution in [0.4, 0.5) is 0 Å². The van der Waals surface area contributed by atoms with Crippen molar-refractivity contribution in [3.05, 3.63) is 41.6 Å². The smallest absolute Gasteiger partial charge is 0.223 e. The lowest BCUT2D eigenvalue weighted by Gasteiger charge is -2.34. The molecule has 1 heterocycles. The quantitative estimate of drug-likeness (QED) is 0.884. The van der Waals surface area contributed by atoms with Gasteiger partial charge in [-0.15, -0.1) is 0 Å².